The lowest BCUT2D eigenvalue weighted by Crippen LogP contribution is -2.36. The maximum Gasteiger partial charge on any atom is 0.332 e. The lowest BCUT2D eigenvalue weighted by Gasteiger charge is -2.13. The summed E-state index contributed by atoms with van der Waals surface area (Å²) in [5.41, 5.74) is 6.40. The third-order valence-corrected chi connectivity index (χ3v) is 2.44. The monoisotopic (exact) mass is 252 g/mol. The molecule has 0 spiro atoms. The van der Waals surface area contributed by atoms with Gasteiger partial charge in [-0.1, -0.05) is 30.3 Å². The highest BCUT2D eigenvalue weighted by Crippen LogP contribution is 2.09. The summed E-state index contributed by atoms with van der Waals surface area (Å²) in [5.74, 6) is -1.71. The highest BCUT2D eigenvalue weighted by Gasteiger charge is 2.17. The molecule has 0 aliphatic carbocycles. The van der Waals surface area contributed by atoms with Gasteiger partial charge in [0.25, 0.3) is 0 Å². The van der Waals surface area contributed by atoms with E-state index < -0.39 is 24.0 Å². The molecule has 18 heavy (non-hydrogen) atoms. The number of nitrogens with two attached hydrogens (primary N) is 1. The van der Waals surface area contributed by atoms with Crippen LogP contribution in [0.25, 0.3) is 0 Å². The van der Waals surface area contributed by atoms with Gasteiger partial charge in [0.15, 0.2) is 6.10 Å². The molecule has 5 N–H and O–H groups in total. The Bertz CT molecular complexity index is 408. The first-order valence-electron chi connectivity index (χ1n) is 5.51. The standard InChI is InChI=1S/C12H16N2O4/c13-10(8-4-2-1-3-5-8)11(16)14-7-6-9(15)12(17)18/h1-5,9-10,15H,6-7,13H2,(H,14,16)(H,17,18)/t9-,10+/m0/s1. The molecular formula is C12H16N2O4. The van der Waals surface area contributed by atoms with Gasteiger partial charge in [-0.25, -0.2) is 4.79 Å². The lowest BCUT2D eigenvalue weighted by molar-refractivity contribution is -0.147. The number of hydrogen-bond donors (Lipinski definition) is 4. The lowest BCUT2D eigenvalue weighted by atomic mass is 10.1. The summed E-state index contributed by atoms with van der Waals surface area (Å²) in [4.78, 5) is 22.0. The SMILES string of the molecule is N[C@@H](C(=O)NCC[C@H](O)C(=O)O)c1ccccc1. The smallest absolute Gasteiger partial charge is 0.332 e. The van der Waals surface area contributed by atoms with Crippen molar-refractivity contribution in [1.29, 1.82) is 0 Å². The Hall–Kier alpha value is -1.92. The van der Waals surface area contributed by atoms with Gasteiger partial charge in [0.1, 0.15) is 6.04 Å². The van der Waals surface area contributed by atoms with Crippen molar-refractivity contribution in [2.24, 2.45) is 5.73 Å². The number of aliphatic hydroxyl groups is 1. The molecule has 0 aliphatic rings. The summed E-state index contributed by atoms with van der Waals surface area (Å²) >= 11 is 0. The maximum atomic E-state index is 11.6. The second-order valence-corrected chi connectivity index (χ2v) is 3.82. The van der Waals surface area contributed by atoms with Crippen LogP contribution in [0.2, 0.25) is 0 Å². The predicted octanol–water partition coefficient (Wildman–Crippen LogP) is -0.362. The second-order valence-electron chi connectivity index (χ2n) is 3.82. The number of amides is 1. The van der Waals surface area contributed by atoms with Crippen molar-refractivity contribution in [2.75, 3.05) is 6.54 Å². The van der Waals surface area contributed by atoms with E-state index in [1.807, 2.05) is 6.07 Å². The van der Waals surface area contributed by atoms with Crippen molar-refractivity contribution in [2.45, 2.75) is 18.6 Å². The molecule has 1 aromatic rings. The molecule has 0 aliphatic heterocycles. The Balaban J connectivity index is 2.40. The number of aliphatic carboxylic acids is 1. The van der Waals surface area contributed by atoms with Gasteiger partial charge < -0.3 is 21.3 Å². The van der Waals surface area contributed by atoms with Crippen LogP contribution in [0, 0.1) is 0 Å². The Morgan fingerprint density at radius 1 is 1.28 bits per heavy atom. The zero-order valence-corrected chi connectivity index (χ0v) is 9.74. The van der Waals surface area contributed by atoms with E-state index in [1.165, 1.54) is 0 Å². The van der Waals surface area contributed by atoms with Gasteiger partial charge in [0, 0.05) is 13.0 Å². The van der Waals surface area contributed by atoms with Gasteiger partial charge in [-0.05, 0) is 5.56 Å². The molecule has 0 unspecified atom stereocenters. The van der Waals surface area contributed by atoms with Gasteiger partial charge in [0.2, 0.25) is 5.91 Å². The molecule has 1 amide bonds. The number of nitrogens with one attached hydrogen (secondary N) is 1. The van der Waals surface area contributed by atoms with Crippen LogP contribution in [-0.4, -0.2) is 34.7 Å². The largest absolute Gasteiger partial charge is 0.479 e. The molecule has 2 atom stereocenters. The van der Waals surface area contributed by atoms with Crippen LogP contribution in [0.3, 0.4) is 0 Å². The first kappa shape index (κ1) is 14.1. The van der Waals surface area contributed by atoms with Crippen molar-refractivity contribution >= 4 is 11.9 Å². The number of carboxylic acids is 1. The molecule has 1 rings (SSSR count). The van der Waals surface area contributed by atoms with Crippen LogP contribution >= 0.6 is 0 Å². The fourth-order valence-electron chi connectivity index (χ4n) is 1.38. The van der Waals surface area contributed by atoms with E-state index in [0.717, 1.165) is 0 Å². The molecule has 0 aromatic heterocycles. The van der Waals surface area contributed by atoms with E-state index in [0.29, 0.717) is 5.56 Å². The molecule has 0 bridgehead atoms. The van der Waals surface area contributed by atoms with Gasteiger partial charge in [-0.3, -0.25) is 4.79 Å². The Kier molecular flexibility index (Phi) is 5.29. The van der Waals surface area contributed by atoms with E-state index >= 15 is 0 Å². The van der Waals surface area contributed by atoms with Crippen LogP contribution in [0.4, 0.5) is 0 Å². The average molecular weight is 252 g/mol. The fraction of sp³-hybridized carbons (Fsp3) is 0.333. The first-order chi connectivity index (χ1) is 8.52. The molecular weight excluding hydrogens is 236 g/mol. The average Bonchev–Trinajstić information content (AvgIpc) is 2.38. The molecule has 6 nitrogen and oxygen atoms in total. The summed E-state index contributed by atoms with van der Waals surface area (Å²) in [5, 5.41) is 19.9. The zero-order chi connectivity index (χ0) is 13.5. The highest BCUT2D eigenvalue weighted by atomic mass is 16.4. The third kappa shape index (κ3) is 4.15. The Morgan fingerprint density at radius 2 is 1.89 bits per heavy atom. The summed E-state index contributed by atoms with van der Waals surface area (Å²) in [6.45, 7) is 0.0623. The van der Waals surface area contributed by atoms with Crippen molar-refractivity contribution in [3.05, 3.63) is 35.9 Å². The third-order valence-electron chi connectivity index (χ3n) is 2.44. The number of carbonyl (C=O) groups excluding carboxylic acids is 1. The molecule has 1 aromatic carbocycles. The van der Waals surface area contributed by atoms with Crippen molar-refractivity contribution < 1.29 is 19.8 Å². The number of carboxylic acid groups (broad SMARTS) is 1. The van der Waals surface area contributed by atoms with Crippen LogP contribution in [0.5, 0.6) is 0 Å². The van der Waals surface area contributed by atoms with Crippen LogP contribution in [0.1, 0.15) is 18.0 Å². The molecule has 0 saturated carbocycles. The van der Waals surface area contributed by atoms with E-state index in [1.54, 1.807) is 24.3 Å². The van der Waals surface area contributed by atoms with E-state index in [9.17, 15) is 9.59 Å². The zero-order valence-electron chi connectivity index (χ0n) is 9.74. The van der Waals surface area contributed by atoms with Crippen molar-refractivity contribution in [3.63, 3.8) is 0 Å². The van der Waals surface area contributed by atoms with Crippen molar-refractivity contribution in [1.82, 2.24) is 5.32 Å². The minimum absolute atomic E-state index is 0.0530. The minimum Gasteiger partial charge on any atom is -0.479 e. The van der Waals surface area contributed by atoms with Crippen LogP contribution in [0.15, 0.2) is 30.3 Å². The van der Waals surface area contributed by atoms with E-state index in [2.05, 4.69) is 5.32 Å². The summed E-state index contributed by atoms with van der Waals surface area (Å²) in [6, 6.07) is 8.03. The molecule has 0 fully saturated rings. The van der Waals surface area contributed by atoms with Gasteiger partial charge in [-0.2, -0.15) is 0 Å². The first-order valence-corrected chi connectivity index (χ1v) is 5.51. The topological polar surface area (TPSA) is 113 Å². The number of carbonyl (C=O) groups is 2. The normalized spacial score (nSPS) is 13.7. The van der Waals surface area contributed by atoms with Gasteiger partial charge in [0.05, 0.1) is 0 Å². The number of hydrogen-bond acceptors (Lipinski definition) is 4. The van der Waals surface area contributed by atoms with Crippen LogP contribution in [-0.2, 0) is 9.59 Å². The number of aliphatic hydroxyl groups excluding tert-OH is 1. The van der Waals surface area contributed by atoms with Crippen LogP contribution < -0.4 is 11.1 Å². The van der Waals surface area contributed by atoms with Gasteiger partial charge in [-0.15, -0.1) is 0 Å². The molecule has 0 heterocycles. The Morgan fingerprint density at radius 3 is 2.44 bits per heavy atom. The highest BCUT2D eigenvalue weighted by molar-refractivity contribution is 5.82. The summed E-state index contributed by atoms with van der Waals surface area (Å²) in [6.07, 6.45) is -1.53. The molecule has 6 heteroatoms. The molecule has 0 saturated heterocycles. The van der Waals surface area contributed by atoms with E-state index in [-0.39, 0.29) is 13.0 Å². The fourth-order valence-corrected chi connectivity index (χ4v) is 1.38. The summed E-state index contributed by atoms with van der Waals surface area (Å²) < 4.78 is 0. The number of benzene rings is 1. The minimum atomic E-state index is -1.47. The molecule has 98 valence electrons. The van der Waals surface area contributed by atoms with E-state index in [4.69, 9.17) is 15.9 Å². The van der Waals surface area contributed by atoms with Crippen molar-refractivity contribution in [3.8, 4) is 0 Å². The maximum absolute atomic E-state index is 11.6. The van der Waals surface area contributed by atoms with Gasteiger partial charge >= 0.3 is 5.97 Å². The quantitative estimate of drug-likeness (QED) is 0.552. The Labute approximate surface area is 104 Å². The predicted molar refractivity (Wildman–Crippen MR) is 64.6 cm³/mol. The second kappa shape index (κ2) is 6.73. The molecule has 0 radical (unpaired) electrons. The number of rotatable bonds is 6. The summed E-state index contributed by atoms with van der Waals surface area (Å²) in [7, 11) is 0.